The normalized spacial score (nSPS) is 16.2. The summed E-state index contributed by atoms with van der Waals surface area (Å²) < 4.78 is 0. The lowest BCUT2D eigenvalue weighted by Crippen LogP contribution is -2.33. The molecule has 1 N–H and O–H groups in total. The van der Waals surface area contributed by atoms with Crippen LogP contribution >= 0.6 is 0 Å². The Morgan fingerprint density at radius 1 is 1.08 bits per heavy atom. The average Bonchev–Trinajstić information content (AvgIpc) is 3.54. The van der Waals surface area contributed by atoms with Gasteiger partial charge in [-0.25, -0.2) is 4.98 Å². The molecular weight excluding hydrogens is 328 g/mol. The van der Waals surface area contributed by atoms with Crippen LogP contribution in [-0.2, 0) is 6.54 Å². The molecule has 6 nitrogen and oxygen atoms in total. The minimum absolute atomic E-state index is 0.0240. The zero-order valence-corrected chi connectivity index (χ0v) is 14.8. The molecule has 2 amide bonds. The van der Waals surface area contributed by atoms with Crippen LogP contribution in [0, 0.1) is 6.92 Å². The second-order valence-corrected chi connectivity index (χ2v) is 7.15. The first kappa shape index (κ1) is 16.7. The van der Waals surface area contributed by atoms with Gasteiger partial charge in [-0.1, -0.05) is 12.1 Å². The first-order valence-electron chi connectivity index (χ1n) is 9.09. The smallest absolute Gasteiger partial charge is 0.274 e. The largest absolute Gasteiger partial charge is 0.349 e. The second kappa shape index (κ2) is 6.86. The van der Waals surface area contributed by atoms with Gasteiger partial charge in [0.25, 0.3) is 11.8 Å². The predicted octanol–water partition coefficient (Wildman–Crippen LogP) is 2.48. The van der Waals surface area contributed by atoms with Gasteiger partial charge in [-0.2, -0.15) is 0 Å². The lowest BCUT2D eigenvalue weighted by Gasteiger charge is -2.22. The standard InChI is InChI=1S/C20H22N4O2/c1-13-10-22-18(11-21-13)20(26)24(17-8-9-17)12-14-2-4-15(5-3-14)19(25)23-16-6-7-16/h2-5,10-11,16-17H,6-9,12H2,1H3,(H,23,25). The van der Waals surface area contributed by atoms with Gasteiger partial charge in [0, 0.05) is 30.4 Å². The monoisotopic (exact) mass is 350 g/mol. The van der Waals surface area contributed by atoms with E-state index in [2.05, 4.69) is 15.3 Å². The van der Waals surface area contributed by atoms with Crippen molar-refractivity contribution in [3.63, 3.8) is 0 Å². The summed E-state index contributed by atoms with van der Waals surface area (Å²) in [6.07, 6.45) is 7.35. The van der Waals surface area contributed by atoms with E-state index in [0.29, 0.717) is 23.8 Å². The number of carbonyl (C=O) groups excluding carboxylic acids is 2. The number of hydrogen-bond acceptors (Lipinski definition) is 4. The van der Waals surface area contributed by atoms with Crippen molar-refractivity contribution in [2.45, 2.75) is 51.2 Å². The molecule has 0 atom stereocenters. The van der Waals surface area contributed by atoms with E-state index in [9.17, 15) is 9.59 Å². The van der Waals surface area contributed by atoms with E-state index in [0.717, 1.165) is 36.9 Å². The minimum atomic E-state index is -0.0875. The van der Waals surface area contributed by atoms with Crippen LogP contribution in [0.5, 0.6) is 0 Å². The molecule has 2 aliphatic rings. The maximum Gasteiger partial charge on any atom is 0.274 e. The fraction of sp³-hybridized carbons (Fsp3) is 0.400. The molecule has 0 bridgehead atoms. The maximum absolute atomic E-state index is 12.8. The average molecular weight is 350 g/mol. The molecule has 0 radical (unpaired) electrons. The molecule has 2 aromatic rings. The Bertz CT molecular complexity index is 809. The molecule has 0 aliphatic heterocycles. The number of rotatable bonds is 6. The first-order valence-corrected chi connectivity index (χ1v) is 9.09. The van der Waals surface area contributed by atoms with Gasteiger partial charge in [-0.3, -0.25) is 14.6 Å². The summed E-state index contributed by atoms with van der Waals surface area (Å²) in [5.41, 5.74) is 2.84. The molecule has 2 fully saturated rings. The third-order valence-electron chi connectivity index (χ3n) is 4.73. The summed E-state index contributed by atoms with van der Waals surface area (Å²) in [5, 5.41) is 2.98. The van der Waals surface area contributed by atoms with Gasteiger partial charge >= 0.3 is 0 Å². The van der Waals surface area contributed by atoms with Crippen LogP contribution in [0.2, 0.25) is 0 Å². The van der Waals surface area contributed by atoms with E-state index in [1.165, 1.54) is 0 Å². The number of benzene rings is 1. The van der Waals surface area contributed by atoms with Gasteiger partial charge in [0.05, 0.1) is 11.9 Å². The van der Waals surface area contributed by atoms with Gasteiger partial charge in [0.2, 0.25) is 0 Å². The zero-order valence-electron chi connectivity index (χ0n) is 14.8. The maximum atomic E-state index is 12.8. The quantitative estimate of drug-likeness (QED) is 0.868. The fourth-order valence-electron chi connectivity index (χ4n) is 2.86. The van der Waals surface area contributed by atoms with E-state index in [4.69, 9.17) is 0 Å². The van der Waals surface area contributed by atoms with Gasteiger partial charge in [-0.15, -0.1) is 0 Å². The molecule has 26 heavy (non-hydrogen) atoms. The van der Waals surface area contributed by atoms with Crippen LogP contribution in [0.25, 0.3) is 0 Å². The van der Waals surface area contributed by atoms with Crippen molar-refractivity contribution in [1.29, 1.82) is 0 Å². The molecule has 2 aliphatic carbocycles. The number of aryl methyl sites for hydroxylation is 1. The lowest BCUT2D eigenvalue weighted by atomic mass is 10.1. The van der Waals surface area contributed by atoms with Crippen molar-refractivity contribution in [3.05, 3.63) is 59.2 Å². The molecule has 0 unspecified atom stereocenters. The summed E-state index contributed by atoms with van der Waals surface area (Å²) in [4.78, 5) is 35.1. The van der Waals surface area contributed by atoms with Gasteiger partial charge in [-0.05, 0) is 50.3 Å². The van der Waals surface area contributed by atoms with Crippen molar-refractivity contribution in [2.75, 3.05) is 0 Å². The summed E-state index contributed by atoms with van der Waals surface area (Å²) in [6.45, 7) is 2.37. The Hall–Kier alpha value is -2.76. The topological polar surface area (TPSA) is 75.2 Å². The highest BCUT2D eigenvalue weighted by molar-refractivity contribution is 5.94. The molecule has 0 spiro atoms. The molecule has 1 heterocycles. The molecular formula is C20H22N4O2. The molecule has 1 aromatic heterocycles. The highest BCUT2D eigenvalue weighted by Crippen LogP contribution is 2.29. The van der Waals surface area contributed by atoms with Crippen LogP contribution in [-0.4, -0.2) is 38.8 Å². The predicted molar refractivity (Wildman–Crippen MR) is 96.6 cm³/mol. The summed E-state index contributed by atoms with van der Waals surface area (Å²) in [6, 6.07) is 8.11. The highest BCUT2D eigenvalue weighted by atomic mass is 16.2. The Morgan fingerprint density at radius 3 is 2.38 bits per heavy atom. The second-order valence-electron chi connectivity index (χ2n) is 7.15. The first-order chi connectivity index (χ1) is 12.6. The number of nitrogens with zero attached hydrogens (tertiary/aromatic N) is 3. The minimum Gasteiger partial charge on any atom is -0.349 e. The van der Waals surface area contributed by atoms with Crippen LogP contribution < -0.4 is 5.32 Å². The molecule has 4 rings (SSSR count). The third kappa shape index (κ3) is 3.90. The van der Waals surface area contributed by atoms with Crippen molar-refractivity contribution < 1.29 is 9.59 Å². The van der Waals surface area contributed by atoms with Crippen LogP contribution in [0.1, 0.15) is 57.8 Å². The molecule has 0 saturated heterocycles. The Kier molecular flexibility index (Phi) is 4.41. The summed E-state index contributed by atoms with van der Waals surface area (Å²) in [7, 11) is 0. The van der Waals surface area contributed by atoms with Gasteiger partial charge < -0.3 is 10.2 Å². The van der Waals surface area contributed by atoms with E-state index in [1.807, 2.05) is 36.1 Å². The SMILES string of the molecule is Cc1cnc(C(=O)N(Cc2ccc(C(=O)NC3CC3)cc2)C2CC2)cn1. The van der Waals surface area contributed by atoms with Crippen LogP contribution in [0.3, 0.4) is 0 Å². The summed E-state index contributed by atoms with van der Waals surface area (Å²) >= 11 is 0. The molecule has 2 saturated carbocycles. The molecule has 6 heteroatoms. The molecule has 1 aromatic carbocycles. The number of hydrogen-bond donors (Lipinski definition) is 1. The van der Waals surface area contributed by atoms with E-state index < -0.39 is 0 Å². The van der Waals surface area contributed by atoms with Crippen LogP contribution in [0.4, 0.5) is 0 Å². The number of nitrogens with one attached hydrogen (secondary N) is 1. The Morgan fingerprint density at radius 2 is 1.81 bits per heavy atom. The zero-order chi connectivity index (χ0) is 18.1. The number of aromatic nitrogens is 2. The third-order valence-corrected chi connectivity index (χ3v) is 4.73. The van der Waals surface area contributed by atoms with Crippen molar-refractivity contribution in [1.82, 2.24) is 20.2 Å². The van der Waals surface area contributed by atoms with E-state index in [1.54, 1.807) is 12.4 Å². The fourth-order valence-corrected chi connectivity index (χ4v) is 2.86. The van der Waals surface area contributed by atoms with E-state index >= 15 is 0 Å². The summed E-state index contributed by atoms with van der Waals surface area (Å²) in [5.74, 6) is -0.111. The lowest BCUT2D eigenvalue weighted by molar-refractivity contribution is 0.0723. The van der Waals surface area contributed by atoms with Crippen molar-refractivity contribution in [2.24, 2.45) is 0 Å². The Labute approximate surface area is 152 Å². The van der Waals surface area contributed by atoms with Crippen molar-refractivity contribution in [3.8, 4) is 0 Å². The van der Waals surface area contributed by atoms with Crippen LogP contribution in [0.15, 0.2) is 36.7 Å². The van der Waals surface area contributed by atoms with Crippen molar-refractivity contribution >= 4 is 11.8 Å². The Balaban J connectivity index is 1.45. The van der Waals surface area contributed by atoms with E-state index in [-0.39, 0.29) is 17.9 Å². The number of amides is 2. The molecule has 134 valence electrons. The highest BCUT2D eigenvalue weighted by Gasteiger charge is 2.33. The van der Waals surface area contributed by atoms with Gasteiger partial charge in [0.1, 0.15) is 5.69 Å². The number of carbonyl (C=O) groups is 2. The van der Waals surface area contributed by atoms with Gasteiger partial charge in [0.15, 0.2) is 0 Å².